The number of benzene rings is 1. The van der Waals surface area contributed by atoms with Crippen LogP contribution >= 0.6 is 11.3 Å². The van der Waals surface area contributed by atoms with E-state index in [4.69, 9.17) is 4.42 Å². The highest BCUT2D eigenvalue weighted by molar-refractivity contribution is 7.10. The number of rotatable bonds is 7. The summed E-state index contributed by atoms with van der Waals surface area (Å²) in [6, 6.07) is 18.3. The molecule has 0 aliphatic carbocycles. The van der Waals surface area contributed by atoms with Gasteiger partial charge in [-0.15, -0.1) is 11.3 Å². The Morgan fingerprint density at radius 1 is 1.21 bits per heavy atom. The fourth-order valence-electron chi connectivity index (χ4n) is 3.52. The van der Waals surface area contributed by atoms with Gasteiger partial charge in [-0.25, -0.2) is 5.01 Å². The van der Waals surface area contributed by atoms with E-state index in [0.29, 0.717) is 13.0 Å². The average Bonchev–Trinajstić information content (AvgIpc) is 3.48. The lowest BCUT2D eigenvalue weighted by atomic mass is 10.1. The number of hydrogen-bond donors (Lipinski definition) is 0. The molecule has 6 heteroatoms. The quantitative estimate of drug-likeness (QED) is 0.558. The largest absolute Gasteiger partial charge is 0.463 e. The zero-order valence-electron chi connectivity index (χ0n) is 16.7. The molecule has 5 nitrogen and oxygen atoms in total. The molecular formula is C23H25N3O2S. The van der Waals surface area contributed by atoms with Crippen molar-refractivity contribution < 1.29 is 9.21 Å². The molecule has 1 amide bonds. The Morgan fingerprint density at radius 3 is 2.69 bits per heavy atom. The Hall–Kier alpha value is -2.70. The number of thiophene rings is 1. The predicted molar refractivity (Wildman–Crippen MR) is 116 cm³/mol. The SMILES string of the molecule is CC(C)N(CC(=O)N1N=C(c2ccco2)CC1c1cccs1)Cc1ccccc1. The van der Waals surface area contributed by atoms with Gasteiger partial charge in [0, 0.05) is 23.9 Å². The fraction of sp³-hybridized carbons (Fsp3) is 0.304. The summed E-state index contributed by atoms with van der Waals surface area (Å²) in [4.78, 5) is 16.6. The first kappa shape index (κ1) is 19.6. The van der Waals surface area contributed by atoms with E-state index in [1.54, 1.807) is 22.6 Å². The lowest BCUT2D eigenvalue weighted by Gasteiger charge is -2.29. The minimum Gasteiger partial charge on any atom is -0.463 e. The van der Waals surface area contributed by atoms with Crippen molar-refractivity contribution >= 4 is 23.0 Å². The first-order valence-corrected chi connectivity index (χ1v) is 10.7. The van der Waals surface area contributed by atoms with Crippen molar-refractivity contribution in [3.63, 3.8) is 0 Å². The topological polar surface area (TPSA) is 49.1 Å². The Balaban J connectivity index is 1.55. The van der Waals surface area contributed by atoms with Crippen LogP contribution in [0.4, 0.5) is 0 Å². The van der Waals surface area contributed by atoms with Crippen LogP contribution in [0.15, 0.2) is 75.8 Å². The summed E-state index contributed by atoms with van der Waals surface area (Å²) in [5, 5.41) is 8.37. The molecule has 1 aromatic carbocycles. The molecule has 0 radical (unpaired) electrons. The van der Waals surface area contributed by atoms with Crippen LogP contribution in [0.25, 0.3) is 0 Å². The molecule has 3 heterocycles. The second kappa shape index (κ2) is 8.76. The van der Waals surface area contributed by atoms with Crippen molar-refractivity contribution in [1.82, 2.24) is 9.91 Å². The van der Waals surface area contributed by atoms with E-state index in [-0.39, 0.29) is 18.0 Å². The van der Waals surface area contributed by atoms with Crippen LogP contribution in [-0.4, -0.2) is 34.1 Å². The van der Waals surface area contributed by atoms with Crippen LogP contribution in [0.3, 0.4) is 0 Å². The average molecular weight is 408 g/mol. The van der Waals surface area contributed by atoms with Gasteiger partial charge in [0.15, 0.2) is 0 Å². The molecular weight excluding hydrogens is 382 g/mol. The van der Waals surface area contributed by atoms with Gasteiger partial charge in [-0.2, -0.15) is 5.10 Å². The molecule has 0 saturated carbocycles. The van der Waals surface area contributed by atoms with Gasteiger partial charge in [0.2, 0.25) is 0 Å². The van der Waals surface area contributed by atoms with E-state index in [1.807, 2.05) is 41.8 Å². The highest BCUT2D eigenvalue weighted by Gasteiger charge is 2.35. The number of hydrogen-bond acceptors (Lipinski definition) is 5. The minimum atomic E-state index is -0.0756. The number of carbonyl (C=O) groups excluding carboxylic acids is 1. The highest BCUT2D eigenvalue weighted by atomic mass is 32.1. The third kappa shape index (κ3) is 4.49. The maximum absolute atomic E-state index is 13.3. The van der Waals surface area contributed by atoms with Crippen LogP contribution in [0.5, 0.6) is 0 Å². The molecule has 3 aromatic rings. The maximum Gasteiger partial charge on any atom is 0.257 e. The first-order valence-electron chi connectivity index (χ1n) is 9.86. The molecule has 29 heavy (non-hydrogen) atoms. The maximum atomic E-state index is 13.3. The number of hydrazone groups is 1. The van der Waals surface area contributed by atoms with Gasteiger partial charge >= 0.3 is 0 Å². The van der Waals surface area contributed by atoms with E-state index >= 15 is 0 Å². The van der Waals surface area contributed by atoms with Crippen molar-refractivity contribution in [2.45, 2.75) is 38.9 Å². The van der Waals surface area contributed by atoms with Crippen molar-refractivity contribution in [3.05, 3.63) is 82.4 Å². The van der Waals surface area contributed by atoms with Crippen molar-refractivity contribution in [3.8, 4) is 0 Å². The van der Waals surface area contributed by atoms with E-state index in [1.165, 1.54) is 5.56 Å². The standard InChI is InChI=1S/C23H25N3O2S/c1-17(2)25(15-18-8-4-3-5-9-18)16-23(27)26-20(22-11-7-13-29-22)14-19(24-26)21-10-6-12-28-21/h3-13,17,20H,14-16H2,1-2H3. The molecule has 0 saturated heterocycles. The monoisotopic (exact) mass is 407 g/mol. The van der Waals surface area contributed by atoms with Crippen molar-refractivity contribution in [2.75, 3.05) is 6.54 Å². The number of amides is 1. The Morgan fingerprint density at radius 2 is 2.03 bits per heavy atom. The Bertz CT molecular complexity index is 949. The van der Waals surface area contributed by atoms with Crippen LogP contribution < -0.4 is 0 Å². The summed E-state index contributed by atoms with van der Waals surface area (Å²) in [5.41, 5.74) is 2.02. The number of carbonyl (C=O) groups is 1. The first-order chi connectivity index (χ1) is 14.1. The van der Waals surface area contributed by atoms with E-state index in [0.717, 1.165) is 22.9 Å². The van der Waals surface area contributed by atoms with Gasteiger partial charge in [0.05, 0.1) is 18.8 Å². The molecule has 0 spiro atoms. The molecule has 4 rings (SSSR count). The zero-order chi connectivity index (χ0) is 20.2. The molecule has 1 atom stereocenters. The fourth-order valence-corrected chi connectivity index (χ4v) is 4.33. The summed E-state index contributed by atoms with van der Waals surface area (Å²) < 4.78 is 5.53. The van der Waals surface area contributed by atoms with Crippen LogP contribution in [0.2, 0.25) is 0 Å². The van der Waals surface area contributed by atoms with Gasteiger partial charge in [-0.1, -0.05) is 36.4 Å². The third-order valence-electron chi connectivity index (χ3n) is 5.14. The second-order valence-electron chi connectivity index (χ2n) is 7.48. The minimum absolute atomic E-state index is 0.00888. The Kier molecular flexibility index (Phi) is 5.92. The molecule has 0 N–H and O–H groups in total. The van der Waals surface area contributed by atoms with Crippen molar-refractivity contribution in [1.29, 1.82) is 0 Å². The summed E-state index contributed by atoms with van der Waals surface area (Å²) in [5.74, 6) is 0.737. The number of furan rings is 1. The lowest BCUT2D eigenvalue weighted by molar-refractivity contribution is -0.134. The molecule has 1 aliphatic rings. The number of nitrogens with zero attached hydrogens (tertiary/aromatic N) is 3. The van der Waals surface area contributed by atoms with Crippen LogP contribution in [0, 0.1) is 0 Å². The molecule has 2 aromatic heterocycles. The van der Waals surface area contributed by atoms with Gasteiger partial charge < -0.3 is 4.42 Å². The predicted octanol–water partition coefficient (Wildman–Crippen LogP) is 4.93. The summed E-state index contributed by atoms with van der Waals surface area (Å²) in [7, 11) is 0. The van der Waals surface area contributed by atoms with Gasteiger partial charge in [0.25, 0.3) is 5.91 Å². The second-order valence-corrected chi connectivity index (χ2v) is 8.46. The smallest absolute Gasteiger partial charge is 0.257 e. The van der Waals surface area contributed by atoms with Gasteiger partial charge in [0.1, 0.15) is 11.5 Å². The normalized spacial score (nSPS) is 16.6. The molecule has 150 valence electrons. The molecule has 0 bridgehead atoms. The molecule has 1 unspecified atom stereocenters. The summed E-state index contributed by atoms with van der Waals surface area (Å²) in [6.07, 6.45) is 2.31. The lowest BCUT2D eigenvalue weighted by Crippen LogP contribution is -2.41. The summed E-state index contributed by atoms with van der Waals surface area (Å²) >= 11 is 1.66. The van der Waals surface area contributed by atoms with E-state index in [2.05, 4.69) is 42.0 Å². The van der Waals surface area contributed by atoms with Crippen molar-refractivity contribution in [2.24, 2.45) is 5.10 Å². The molecule has 0 fully saturated rings. The van der Waals surface area contributed by atoms with Crippen LogP contribution in [-0.2, 0) is 11.3 Å². The van der Waals surface area contributed by atoms with E-state index < -0.39 is 0 Å². The zero-order valence-corrected chi connectivity index (χ0v) is 17.5. The highest BCUT2D eigenvalue weighted by Crippen LogP contribution is 2.35. The molecule has 1 aliphatic heterocycles. The van der Waals surface area contributed by atoms with Crippen LogP contribution in [0.1, 0.15) is 42.5 Å². The summed E-state index contributed by atoms with van der Waals surface area (Å²) in [6.45, 7) is 5.29. The Labute approximate surface area is 175 Å². The van der Waals surface area contributed by atoms with E-state index in [9.17, 15) is 4.79 Å². The van der Waals surface area contributed by atoms with Gasteiger partial charge in [-0.3, -0.25) is 9.69 Å². The van der Waals surface area contributed by atoms with Gasteiger partial charge in [-0.05, 0) is 43.0 Å². The third-order valence-corrected chi connectivity index (χ3v) is 6.11.